The van der Waals surface area contributed by atoms with E-state index in [0.717, 1.165) is 18.5 Å². The molecule has 4 rings (SSSR count). The number of hydrogen-bond donors (Lipinski definition) is 4. The number of likely N-dealkylation sites (tertiary alicyclic amines) is 1. The molecule has 0 bridgehead atoms. The fourth-order valence-corrected chi connectivity index (χ4v) is 4.46. The minimum Gasteiger partial charge on any atom is -0.481 e. The number of ether oxygens (including phenoxy) is 1. The van der Waals surface area contributed by atoms with Gasteiger partial charge in [0.1, 0.15) is 17.9 Å². The first kappa shape index (κ1) is 26.5. The van der Waals surface area contributed by atoms with Crippen molar-refractivity contribution in [1.29, 1.82) is 0 Å². The van der Waals surface area contributed by atoms with Gasteiger partial charge in [0.2, 0.25) is 5.91 Å². The molecule has 1 aliphatic heterocycles. The summed E-state index contributed by atoms with van der Waals surface area (Å²) < 4.78 is 44.3. The van der Waals surface area contributed by atoms with Crippen LogP contribution < -0.4 is 15.4 Å². The smallest absolute Gasteiger partial charge is 0.422 e. The van der Waals surface area contributed by atoms with Crippen LogP contribution in [-0.2, 0) is 11.2 Å². The number of nitrogens with one attached hydrogen (secondary N) is 3. The van der Waals surface area contributed by atoms with Gasteiger partial charge in [0.15, 0.2) is 12.4 Å². The van der Waals surface area contributed by atoms with E-state index < -0.39 is 25.3 Å². The fourth-order valence-electron chi connectivity index (χ4n) is 4.46. The number of allylic oxidation sites excluding steroid dienone is 3. The van der Waals surface area contributed by atoms with Crippen LogP contribution in [0.1, 0.15) is 48.8 Å². The molecule has 0 atom stereocenters. The van der Waals surface area contributed by atoms with Crippen molar-refractivity contribution >= 4 is 28.5 Å². The number of alkyl halides is 3. The van der Waals surface area contributed by atoms with Crippen LogP contribution in [0, 0.1) is 0 Å². The highest BCUT2D eigenvalue weighted by Crippen LogP contribution is 2.35. The summed E-state index contributed by atoms with van der Waals surface area (Å²) in [7, 11) is 0. The lowest BCUT2D eigenvalue weighted by Crippen LogP contribution is -2.47. The Morgan fingerprint density at radius 3 is 2.65 bits per heavy atom. The number of amides is 2. The minimum atomic E-state index is -4.60. The molecule has 2 aromatic heterocycles. The zero-order chi connectivity index (χ0) is 26.6. The van der Waals surface area contributed by atoms with E-state index in [0.29, 0.717) is 43.7 Å². The number of anilines is 1. The van der Waals surface area contributed by atoms with Gasteiger partial charge in [-0.2, -0.15) is 13.2 Å². The lowest BCUT2D eigenvalue weighted by molar-refractivity contribution is -0.153. The minimum absolute atomic E-state index is 0.142. The summed E-state index contributed by atoms with van der Waals surface area (Å²) in [5.74, 6) is -1.22. The molecule has 0 spiro atoms. The summed E-state index contributed by atoms with van der Waals surface area (Å²) in [5, 5.41) is 15.4. The SMILES string of the molecule is CCc1nc2[nH]c(C(=O)NC3CCN(C(=O)CO)CC3)c(OCC(F)(F)F)c2cc1NC1=CCCC=C1. The number of hydrogen-bond acceptors (Lipinski definition) is 6. The van der Waals surface area contributed by atoms with Crippen molar-refractivity contribution in [2.24, 2.45) is 0 Å². The Hall–Kier alpha value is -3.54. The maximum Gasteiger partial charge on any atom is 0.422 e. The van der Waals surface area contributed by atoms with Crippen molar-refractivity contribution in [3.8, 4) is 5.75 Å². The van der Waals surface area contributed by atoms with Crippen molar-refractivity contribution in [3.63, 3.8) is 0 Å². The van der Waals surface area contributed by atoms with Gasteiger partial charge in [-0.25, -0.2) is 4.98 Å². The Morgan fingerprint density at radius 1 is 1.27 bits per heavy atom. The molecule has 0 unspecified atom stereocenters. The topological polar surface area (TPSA) is 120 Å². The van der Waals surface area contributed by atoms with Crippen LogP contribution in [-0.4, -0.2) is 70.3 Å². The van der Waals surface area contributed by atoms with E-state index in [2.05, 4.69) is 20.6 Å². The molecule has 37 heavy (non-hydrogen) atoms. The summed E-state index contributed by atoms with van der Waals surface area (Å²) in [5.41, 5.74) is 2.28. The molecule has 0 saturated carbocycles. The van der Waals surface area contributed by atoms with Gasteiger partial charge in [-0.3, -0.25) is 9.59 Å². The number of carbonyl (C=O) groups excluding carboxylic acids is 2. The second kappa shape index (κ2) is 11.2. The summed E-state index contributed by atoms with van der Waals surface area (Å²) in [6, 6.07) is 1.36. The molecule has 200 valence electrons. The van der Waals surface area contributed by atoms with Gasteiger partial charge in [0, 0.05) is 24.8 Å². The number of H-pyrrole nitrogens is 1. The molecule has 2 amide bonds. The predicted octanol–water partition coefficient (Wildman–Crippen LogP) is 3.43. The summed E-state index contributed by atoms with van der Waals surface area (Å²) in [4.78, 5) is 33.8. The largest absolute Gasteiger partial charge is 0.481 e. The number of aliphatic hydroxyl groups is 1. The monoisotopic (exact) mass is 521 g/mol. The number of rotatable bonds is 8. The van der Waals surface area contributed by atoms with E-state index in [1.54, 1.807) is 6.07 Å². The van der Waals surface area contributed by atoms with E-state index in [4.69, 9.17) is 9.84 Å². The number of aromatic amines is 1. The number of aryl methyl sites for hydroxylation is 1. The number of aromatic nitrogens is 2. The highest BCUT2D eigenvalue weighted by Gasteiger charge is 2.32. The predicted molar refractivity (Wildman–Crippen MR) is 131 cm³/mol. The van der Waals surface area contributed by atoms with Crippen molar-refractivity contribution in [2.45, 2.75) is 51.2 Å². The summed E-state index contributed by atoms with van der Waals surface area (Å²) >= 11 is 0. The standard InChI is InChI=1S/C25H30F3N5O4/c1-2-18-19(29-15-6-4-3-5-7-15)12-17-22(37-14-25(26,27)28)21(32-23(17)31-18)24(36)30-16-8-10-33(11-9-16)20(35)13-34/h4,6-7,12,16,29,34H,2-3,5,8-11,13-14H2,1H3,(H,30,36)(H,31,32). The zero-order valence-electron chi connectivity index (χ0n) is 20.5. The van der Waals surface area contributed by atoms with Crippen molar-refractivity contribution in [3.05, 3.63) is 41.4 Å². The van der Waals surface area contributed by atoms with Gasteiger partial charge < -0.3 is 30.4 Å². The van der Waals surface area contributed by atoms with Crippen molar-refractivity contribution in [2.75, 3.05) is 31.6 Å². The second-order valence-corrected chi connectivity index (χ2v) is 9.02. The Morgan fingerprint density at radius 2 is 2.03 bits per heavy atom. The third-order valence-electron chi connectivity index (χ3n) is 6.35. The molecule has 0 aromatic carbocycles. The molecule has 12 heteroatoms. The maximum atomic E-state index is 13.2. The molecule has 1 saturated heterocycles. The molecule has 9 nitrogen and oxygen atoms in total. The average Bonchev–Trinajstić information content (AvgIpc) is 3.24. The third-order valence-corrected chi connectivity index (χ3v) is 6.35. The lowest BCUT2D eigenvalue weighted by Gasteiger charge is -2.32. The number of nitrogens with zero attached hydrogens (tertiary/aromatic N) is 2. The Kier molecular flexibility index (Phi) is 8.06. The molecular weight excluding hydrogens is 491 g/mol. The second-order valence-electron chi connectivity index (χ2n) is 9.02. The summed E-state index contributed by atoms with van der Waals surface area (Å²) in [6.07, 6.45) is 4.66. The highest BCUT2D eigenvalue weighted by atomic mass is 19.4. The van der Waals surface area contributed by atoms with Crippen LogP contribution >= 0.6 is 0 Å². The molecule has 0 radical (unpaired) electrons. The van der Waals surface area contributed by atoms with E-state index in [1.807, 2.05) is 25.2 Å². The third kappa shape index (κ3) is 6.43. The quantitative estimate of drug-likeness (QED) is 0.423. The average molecular weight is 522 g/mol. The van der Waals surface area contributed by atoms with Gasteiger partial charge in [-0.15, -0.1) is 0 Å². The molecule has 1 fully saturated rings. The number of halogens is 3. The van der Waals surface area contributed by atoms with Crippen LogP contribution in [0.25, 0.3) is 11.0 Å². The van der Waals surface area contributed by atoms with Gasteiger partial charge in [0.25, 0.3) is 5.91 Å². The van der Waals surface area contributed by atoms with Crippen LogP contribution in [0.4, 0.5) is 18.9 Å². The fraction of sp³-hybridized carbons (Fsp3) is 0.480. The summed E-state index contributed by atoms with van der Waals surface area (Å²) in [6.45, 7) is 0.484. The highest BCUT2D eigenvalue weighted by molar-refractivity contribution is 6.03. The molecule has 2 aromatic rings. The van der Waals surface area contributed by atoms with Crippen LogP contribution in [0.5, 0.6) is 5.75 Å². The molecule has 1 aliphatic carbocycles. The molecule has 2 aliphatic rings. The number of pyridine rings is 1. The van der Waals surface area contributed by atoms with Crippen molar-refractivity contribution < 1.29 is 32.6 Å². The van der Waals surface area contributed by atoms with Gasteiger partial charge in [-0.05, 0) is 44.2 Å². The number of fused-ring (bicyclic) bond motifs is 1. The Balaban J connectivity index is 1.62. The first-order chi connectivity index (χ1) is 17.7. The van der Waals surface area contributed by atoms with Gasteiger partial charge in [0.05, 0.1) is 16.8 Å². The number of aliphatic hydroxyl groups excluding tert-OH is 1. The van der Waals surface area contributed by atoms with Gasteiger partial charge >= 0.3 is 6.18 Å². The number of piperidine rings is 1. The number of carbonyl (C=O) groups is 2. The van der Waals surface area contributed by atoms with E-state index in [9.17, 15) is 22.8 Å². The zero-order valence-corrected chi connectivity index (χ0v) is 20.5. The van der Waals surface area contributed by atoms with Crippen LogP contribution in [0.3, 0.4) is 0 Å². The maximum absolute atomic E-state index is 13.2. The lowest BCUT2D eigenvalue weighted by atomic mass is 10.0. The normalized spacial score (nSPS) is 16.6. The van der Waals surface area contributed by atoms with Crippen LogP contribution in [0.2, 0.25) is 0 Å². The molecule has 3 heterocycles. The van der Waals surface area contributed by atoms with E-state index >= 15 is 0 Å². The van der Waals surface area contributed by atoms with E-state index in [1.165, 1.54) is 4.90 Å². The first-order valence-electron chi connectivity index (χ1n) is 12.3. The molecular formula is C25H30F3N5O4. The van der Waals surface area contributed by atoms with Gasteiger partial charge in [-0.1, -0.05) is 19.1 Å². The van der Waals surface area contributed by atoms with Crippen molar-refractivity contribution in [1.82, 2.24) is 20.2 Å². The Bertz CT molecular complexity index is 1210. The molecule has 4 N–H and O–H groups in total. The first-order valence-corrected chi connectivity index (χ1v) is 12.3. The van der Waals surface area contributed by atoms with E-state index in [-0.39, 0.29) is 34.4 Å². The van der Waals surface area contributed by atoms with Crippen LogP contribution in [0.15, 0.2) is 30.0 Å². The Labute approximate surface area is 211 Å².